The molecule has 0 aliphatic heterocycles. The number of amides is 1. The zero-order valence-electron chi connectivity index (χ0n) is 8.96. The van der Waals surface area contributed by atoms with Crippen LogP contribution in [0.5, 0.6) is 0 Å². The molecule has 0 aliphatic rings. The molecule has 1 heterocycles. The number of aromatic nitrogens is 1. The minimum atomic E-state index is -1.51. The summed E-state index contributed by atoms with van der Waals surface area (Å²) in [6.45, 7) is 0. The van der Waals surface area contributed by atoms with Crippen molar-refractivity contribution in [3.8, 4) is 0 Å². The standard InChI is InChI=1S/C10H9ClN2O5/c11-5-1-2-6(12-4-5)9(16)13-7(10(17)18)3-8(14)15/h1-2,4,7H,3H2,(H,13,16)(H,14,15)(H,17,18)/t7-/m1/s1. The molecule has 0 saturated carbocycles. The van der Waals surface area contributed by atoms with Crippen molar-refractivity contribution in [3.63, 3.8) is 0 Å². The van der Waals surface area contributed by atoms with Crippen molar-refractivity contribution >= 4 is 29.4 Å². The lowest BCUT2D eigenvalue weighted by molar-refractivity contribution is -0.145. The Hall–Kier alpha value is -2.15. The zero-order valence-corrected chi connectivity index (χ0v) is 9.72. The minimum Gasteiger partial charge on any atom is -0.481 e. The summed E-state index contributed by atoms with van der Waals surface area (Å²) in [5, 5.41) is 19.6. The van der Waals surface area contributed by atoms with Gasteiger partial charge in [-0.05, 0) is 12.1 Å². The number of nitrogens with zero attached hydrogens (tertiary/aromatic N) is 1. The Bertz CT molecular complexity index is 474. The van der Waals surface area contributed by atoms with Gasteiger partial charge in [-0.15, -0.1) is 0 Å². The third kappa shape index (κ3) is 4.02. The largest absolute Gasteiger partial charge is 0.481 e. The first-order chi connectivity index (χ1) is 8.40. The van der Waals surface area contributed by atoms with E-state index in [9.17, 15) is 14.4 Å². The molecule has 3 N–H and O–H groups in total. The zero-order chi connectivity index (χ0) is 13.7. The Morgan fingerprint density at radius 1 is 1.33 bits per heavy atom. The van der Waals surface area contributed by atoms with Gasteiger partial charge in [0.1, 0.15) is 11.7 Å². The fourth-order valence-corrected chi connectivity index (χ4v) is 1.23. The predicted molar refractivity (Wildman–Crippen MR) is 60.4 cm³/mol. The van der Waals surface area contributed by atoms with Gasteiger partial charge in [0, 0.05) is 6.20 Å². The van der Waals surface area contributed by atoms with Crippen molar-refractivity contribution in [2.24, 2.45) is 0 Å². The van der Waals surface area contributed by atoms with Gasteiger partial charge in [0.2, 0.25) is 0 Å². The summed E-state index contributed by atoms with van der Waals surface area (Å²) >= 11 is 5.58. The number of hydrogen-bond acceptors (Lipinski definition) is 4. The molecule has 1 amide bonds. The van der Waals surface area contributed by atoms with Gasteiger partial charge in [-0.1, -0.05) is 11.6 Å². The Morgan fingerprint density at radius 3 is 2.44 bits per heavy atom. The second-order valence-corrected chi connectivity index (χ2v) is 3.76. The van der Waals surface area contributed by atoms with Crippen LogP contribution >= 0.6 is 11.6 Å². The van der Waals surface area contributed by atoms with Crippen LogP contribution in [0.15, 0.2) is 18.3 Å². The molecule has 1 aromatic heterocycles. The van der Waals surface area contributed by atoms with Crippen molar-refractivity contribution in [1.29, 1.82) is 0 Å². The van der Waals surface area contributed by atoms with E-state index in [0.717, 1.165) is 0 Å². The third-order valence-corrected chi connectivity index (χ3v) is 2.17. The molecule has 0 radical (unpaired) electrons. The van der Waals surface area contributed by atoms with E-state index < -0.39 is 30.3 Å². The van der Waals surface area contributed by atoms with E-state index in [4.69, 9.17) is 21.8 Å². The van der Waals surface area contributed by atoms with Crippen LogP contribution in [0, 0.1) is 0 Å². The van der Waals surface area contributed by atoms with Gasteiger partial charge in [-0.2, -0.15) is 0 Å². The molecule has 0 fully saturated rings. The van der Waals surface area contributed by atoms with Crippen LogP contribution in [0.2, 0.25) is 5.02 Å². The predicted octanol–water partition coefficient (Wildman–Crippen LogP) is 0.393. The number of halogens is 1. The van der Waals surface area contributed by atoms with Gasteiger partial charge in [0.25, 0.3) is 5.91 Å². The number of carbonyl (C=O) groups is 3. The fourth-order valence-electron chi connectivity index (χ4n) is 1.12. The number of aliphatic carboxylic acids is 2. The molecule has 0 spiro atoms. The highest BCUT2D eigenvalue weighted by Crippen LogP contribution is 2.06. The Labute approximate surface area is 106 Å². The average Bonchev–Trinajstić information content (AvgIpc) is 2.28. The molecule has 18 heavy (non-hydrogen) atoms. The van der Waals surface area contributed by atoms with E-state index in [1.807, 2.05) is 0 Å². The molecule has 96 valence electrons. The van der Waals surface area contributed by atoms with E-state index in [0.29, 0.717) is 5.02 Å². The normalized spacial score (nSPS) is 11.6. The SMILES string of the molecule is O=C(O)C[C@@H](NC(=O)c1ccc(Cl)cn1)C(=O)O. The van der Waals surface area contributed by atoms with Crippen LogP contribution in [-0.2, 0) is 9.59 Å². The van der Waals surface area contributed by atoms with E-state index in [-0.39, 0.29) is 5.69 Å². The lowest BCUT2D eigenvalue weighted by atomic mass is 10.2. The third-order valence-electron chi connectivity index (χ3n) is 1.94. The average molecular weight is 273 g/mol. The topological polar surface area (TPSA) is 117 Å². The van der Waals surface area contributed by atoms with Crippen LogP contribution < -0.4 is 5.32 Å². The highest BCUT2D eigenvalue weighted by atomic mass is 35.5. The summed E-state index contributed by atoms with van der Waals surface area (Å²) in [6, 6.07) is 1.21. The van der Waals surface area contributed by atoms with Gasteiger partial charge in [0.05, 0.1) is 11.4 Å². The molecular weight excluding hydrogens is 264 g/mol. The van der Waals surface area contributed by atoms with Crippen LogP contribution in [0.25, 0.3) is 0 Å². The van der Waals surface area contributed by atoms with Gasteiger partial charge in [-0.3, -0.25) is 9.59 Å². The van der Waals surface area contributed by atoms with Gasteiger partial charge in [0.15, 0.2) is 0 Å². The number of hydrogen-bond donors (Lipinski definition) is 3. The summed E-state index contributed by atoms with van der Waals surface area (Å²) in [5.41, 5.74) is -0.0453. The van der Waals surface area contributed by atoms with Gasteiger partial charge < -0.3 is 15.5 Å². The molecule has 0 bridgehead atoms. The maximum atomic E-state index is 11.6. The van der Waals surface area contributed by atoms with Crippen LogP contribution in [0.4, 0.5) is 0 Å². The monoisotopic (exact) mass is 272 g/mol. The van der Waals surface area contributed by atoms with Crippen LogP contribution in [0.3, 0.4) is 0 Å². The Morgan fingerprint density at radius 2 is 2.00 bits per heavy atom. The van der Waals surface area contributed by atoms with Crippen molar-refractivity contribution < 1.29 is 24.6 Å². The van der Waals surface area contributed by atoms with E-state index in [2.05, 4.69) is 10.3 Å². The van der Waals surface area contributed by atoms with Crippen LogP contribution in [0.1, 0.15) is 16.9 Å². The molecule has 1 aromatic rings. The molecular formula is C10H9ClN2O5. The van der Waals surface area contributed by atoms with Crippen molar-refractivity contribution in [1.82, 2.24) is 10.3 Å². The molecule has 8 heteroatoms. The molecule has 0 saturated heterocycles. The second-order valence-electron chi connectivity index (χ2n) is 3.32. The molecule has 1 rings (SSSR count). The molecule has 0 unspecified atom stereocenters. The molecule has 0 aliphatic carbocycles. The summed E-state index contributed by atoms with van der Waals surface area (Å²) in [5.74, 6) is -3.54. The first kappa shape index (κ1) is 13.9. The second kappa shape index (κ2) is 5.97. The smallest absolute Gasteiger partial charge is 0.326 e. The number of pyridine rings is 1. The van der Waals surface area contributed by atoms with Gasteiger partial charge in [-0.25, -0.2) is 9.78 Å². The summed E-state index contributed by atoms with van der Waals surface area (Å²) in [7, 11) is 0. The fraction of sp³-hybridized carbons (Fsp3) is 0.200. The highest BCUT2D eigenvalue weighted by molar-refractivity contribution is 6.30. The Kier molecular flexibility index (Phi) is 4.61. The number of rotatable bonds is 5. The maximum absolute atomic E-state index is 11.6. The summed E-state index contributed by atoms with van der Waals surface area (Å²) in [6.07, 6.45) is 0.512. The number of carboxylic acid groups (broad SMARTS) is 2. The quantitative estimate of drug-likeness (QED) is 0.714. The van der Waals surface area contributed by atoms with E-state index >= 15 is 0 Å². The lowest BCUT2D eigenvalue weighted by Crippen LogP contribution is -2.42. The van der Waals surface area contributed by atoms with Crippen molar-refractivity contribution in [2.75, 3.05) is 0 Å². The maximum Gasteiger partial charge on any atom is 0.326 e. The Balaban J connectivity index is 2.75. The molecule has 1 atom stereocenters. The summed E-state index contributed by atoms with van der Waals surface area (Å²) in [4.78, 5) is 36.4. The minimum absolute atomic E-state index is 0.0453. The number of carboxylic acids is 2. The van der Waals surface area contributed by atoms with Crippen molar-refractivity contribution in [2.45, 2.75) is 12.5 Å². The molecule has 7 nitrogen and oxygen atoms in total. The molecule has 0 aromatic carbocycles. The van der Waals surface area contributed by atoms with E-state index in [1.54, 1.807) is 0 Å². The lowest BCUT2D eigenvalue weighted by Gasteiger charge is -2.11. The highest BCUT2D eigenvalue weighted by Gasteiger charge is 2.23. The number of carbonyl (C=O) groups excluding carboxylic acids is 1. The van der Waals surface area contributed by atoms with Crippen molar-refractivity contribution in [3.05, 3.63) is 29.0 Å². The van der Waals surface area contributed by atoms with Crippen LogP contribution in [-0.4, -0.2) is 39.1 Å². The van der Waals surface area contributed by atoms with Gasteiger partial charge >= 0.3 is 11.9 Å². The first-order valence-corrected chi connectivity index (χ1v) is 5.15. The summed E-state index contributed by atoms with van der Waals surface area (Å²) < 4.78 is 0. The first-order valence-electron chi connectivity index (χ1n) is 4.77. The van der Waals surface area contributed by atoms with E-state index in [1.165, 1.54) is 18.3 Å². The number of nitrogens with one attached hydrogen (secondary N) is 1.